The zero-order valence-electron chi connectivity index (χ0n) is 17.5. The van der Waals surface area contributed by atoms with Gasteiger partial charge in [0, 0.05) is 29.9 Å². The molecule has 7 heteroatoms. The second-order valence-corrected chi connectivity index (χ2v) is 7.86. The number of benzene rings is 3. The average molecular weight is 441 g/mol. The summed E-state index contributed by atoms with van der Waals surface area (Å²) in [4.78, 5) is 12.0. The van der Waals surface area contributed by atoms with Gasteiger partial charge in [0.1, 0.15) is 5.82 Å². The molecule has 5 aromatic rings. The van der Waals surface area contributed by atoms with Crippen molar-refractivity contribution in [3.05, 3.63) is 117 Å². The van der Waals surface area contributed by atoms with Crippen molar-refractivity contribution in [2.24, 2.45) is 0 Å². The number of aromatic amines is 1. The van der Waals surface area contributed by atoms with Gasteiger partial charge in [0.2, 0.25) is 5.88 Å². The molecule has 164 valence electrons. The van der Waals surface area contributed by atoms with E-state index >= 15 is 0 Å². The number of hydrogen-bond donors (Lipinski definition) is 3. The fourth-order valence-corrected chi connectivity index (χ4v) is 4.06. The highest BCUT2D eigenvalue weighted by atomic mass is 19.1. The van der Waals surface area contributed by atoms with Crippen LogP contribution in [0.15, 0.2) is 83.7 Å². The molecule has 2 heterocycles. The Morgan fingerprint density at radius 1 is 0.848 bits per heavy atom. The number of halogens is 1. The lowest BCUT2D eigenvalue weighted by molar-refractivity contribution is 0.397. The second kappa shape index (κ2) is 8.27. The lowest BCUT2D eigenvalue weighted by Gasteiger charge is -2.11. The van der Waals surface area contributed by atoms with Gasteiger partial charge in [-0.3, -0.25) is 4.79 Å². The Labute approximate surface area is 188 Å². The lowest BCUT2D eigenvalue weighted by Crippen LogP contribution is -2.11. The Hall–Kier alpha value is -4.39. The molecule has 0 radical (unpaired) electrons. The van der Waals surface area contributed by atoms with Crippen molar-refractivity contribution in [1.29, 1.82) is 0 Å². The molecule has 0 aliphatic rings. The van der Waals surface area contributed by atoms with Crippen LogP contribution < -0.4 is 5.56 Å². The Morgan fingerprint density at radius 2 is 1.58 bits per heavy atom. The molecule has 6 nitrogen and oxygen atoms in total. The molecular weight excluding hydrogens is 421 g/mol. The third-order valence-electron chi connectivity index (χ3n) is 5.67. The summed E-state index contributed by atoms with van der Waals surface area (Å²) in [7, 11) is 0. The topological polar surface area (TPSA) is 91.1 Å². The van der Waals surface area contributed by atoms with E-state index in [4.69, 9.17) is 0 Å². The summed E-state index contributed by atoms with van der Waals surface area (Å²) in [6, 6.07) is 22.5. The largest absolute Gasteiger partial charge is 0.494 e. The first-order valence-corrected chi connectivity index (χ1v) is 10.4. The molecule has 5 rings (SSSR count). The van der Waals surface area contributed by atoms with Crippen LogP contribution in [0.2, 0.25) is 0 Å². The minimum Gasteiger partial charge on any atom is -0.494 e. The van der Waals surface area contributed by atoms with Gasteiger partial charge in [0.15, 0.2) is 5.88 Å². The van der Waals surface area contributed by atoms with Gasteiger partial charge in [-0.25, -0.2) is 14.1 Å². The van der Waals surface area contributed by atoms with E-state index < -0.39 is 5.82 Å². The van der Waals surface area contributed by atoms with Crippen molar-refractivity contribution in [1.82, 2.24) is 14.8 Å². The molecule has 3 N–H and O–H groups in total. The van der Waals surface area contributed by atoms with E-state index in [1.165, 1.54) is 12.1 Å². The Balaban J connectivity index is 1.53. The van der Waals surface area contributed by atoms with Crippen LogP contribution in [-0.4, -0.2) is 25.0 Å². The molecule has 0 fully saturated rings. The standard InChI is InChI=1S/C26H20FN3O3/c27-21-11-10-17(13-22-19-8-4-5-9-20(19)25(32)29-28-22)14-23(21)30-24(31)15-18(26(30)33)12-16-6-2-1-3-7-16/h1-11,14-15,31,33H,12-13H2,(H,29,32). The van der Waals surface area contributed by atoms with E-state index in [9.17, 15) is 19.4 Å². The molecule has 0 saturated heterocycles. The number of nitrogens with zero attached hydrogens (tertiary/aromatic N) is 2. The SMILES string of the molecule is O=c1[nH]nc(Cc2ccc(F)c(-n3c(O)cc(Cc4ccccc4)c3O)c2)c2ccccc12. The molecule has 0 spiro atoms. The van der Waals surface area contributed by atoms with Crippen molar-refractivity contribution < 1.29 is 14.6 Å². The van der Waals surface area contributed by atoms with E-state index in [0.717, 1.165) is 10.1 Å². The molecule has 3 aromatic carbocycles. The molecule has 0 unspecified atom stereocenters. The van der Waals surface area contributed by atoms with Gasteiger partial charge in [-0.2, -0.15) is 5.10 Å². The third-order valence-corrected chi connectivity index (χ3v) is 5.67. The number of aromatic nitrogens is 3. The van der Waals surface area contributed by atoms with Crippen LogP contribution in [0.3, 0.4) is 0 Å². The van der Waals surface area contributed by atoms with Gasteiger partial charge >= 0.3 is 0 Å². The average Bonchev–Trinajstić information content (AvgIpc) is 3.10. The van der Waals surface area contributed by atoms with Gasteiger partial charge in [-0.1, -0.05) is 54.6 Å². The summed E-state index contributed by atoms with van der Waals surface area (Å²) in [5.74, 6) is -1.08. The summed E-state index contributed by atoms with van der Waals surface area (Å²) >= 11 is 0. The zero-order valence-corrected chi connectivity index (χ0v) is 17.5. The quantitative estimate of drug-likeness (QED) is 0.376. The summed E-state index contributed by atoms with van der Waals surface area (Å²) in [6.07, 6.45) is 0.714. The minimum atomic E-state index is -0.592. The van der Waals surface area contributed by atoms with Gasteiger partial charge in [0.05, 0.1) is 16.8 Å². The fraction of sp³-hybridized carbons (Fsp3) is 0.0769. The summed E-state index contributed by atoms with van der Waals surface area (Å²) in [5, 5.41) is 29.2. The molecule has 0 amide bonds. The smallest absolute Gasteiger partial charge is 0.272 e. The summed E-state index contributed by atoms with van der Waals surface area (Å²) < 4.78 is 15.9. The van der Waals surface area contributed by atoms with Gasteiger partial charge in [0.25, 0.3) is 5.56 Å². The fourth-order valence-electron chi connectivity index (χ4n) is 4.06. The molecule has 0 saturated carbocycles. The molecular formula is C26H20FN3O3. The van der Waals surface area contributed by atoms with Crippen LogP contribution in [-0.2, 0) is 12.8 Å². The van der Waals surface area contributed by atoms with Crippen molar-refractivity contribution in [3.8, 4) is 17.4 Å². The first-order valence-electron chi connectivity index (χ1n) is 10.4. The lowest BCUT2D eigenvalue weighted by atomic mass is 10.0. The van der Waals surface area contributed by atoms with Crippen molar-refractivity contribution in [3.63, 3.8) is 0 Å². The van der Waals surface area contributed by atoms with Crippen LogP contribution in [0.25, 0.3) is 16.5 Å². The van der Waals surface area contributed by atoms with Crippen LogP contribution in [0.1, 0.15) is 22.4 Å². The van der Waals surface area contributed by atoms with Crippen molar-refractivity contribution >= 4 is 10.8 Å². The number of H-pyrrole nitrogens is 1. The van der Waals surface area contributed by atoms with Gasteiger partial charge < -0.3 is 10.2 Å². The van der Waals surface area contributed by atoms with Gasteiger partial charge in [-0.05, 0) is 29.3 Å². The predicted molar refractivity (Wildman–Crippen MR) is 123 cm³/mol. The summed E-state index contributed by atoms with van der Waals surface area (Å²) in [5.41, 5.74) is 2.52. The molecule has 2 aromatic heterocycles. The third kappa shape index (κ3) is 3.85. The van der Waals surface area contributed by atoms with Crippen LogP contribution in [0.5, 0.6) is 11.8 Å². The molecule has 0 aliphatic heterocycles. The Bertz CT molecular complexity index is 1520. The van der Waals surface area contributed by atoms with E-state index in [2.05, 4.69) is 10.2 Å². The normalized spacial score (nSPS) is 11.2. The molecule has 0 atom stereocenters. The van der Waals surface area contributed by atoms with E-state index in [-0.39, 0.29) is 23.0 Å². The maximum Gasteiger partial charge on any atom is 0.272 e. The number of rotatable bonds is 5. The highest BCUT2D eigenvalue weighted by Crippen LogP contribution is 2.34. The van der Waals surface area contributed by atoms with Crippen LogP contribution >= 0.6 is 0 Å². The number of aromatic hydroxyl groups is 2. The monoisotopic (exact) mass is 441 g/mol. The highest BCUT2D eigenvalue weighted by molar-refractivity contribution is 5.83. The minimum absolute atomic E-state index is 0.0236. The first kappa shape index (κ1) is 20.5. The highest BCUT2D eigenvalue weighted by Gasteiger charge is 2.19. The van der Waals surface area contributed by atoms with E-state index in [0.29, 0.717) is 40.4 Å². The molecule has 0 aliphatic carbocycles. The van der Waals surface area contributed by atoms with Gasteiger partial charge in [-0.15, -0.1) is 0 Å². The Kier molecular flexibility index (Phi) is 5.14. The van der Waals surface area contributed by atoms with Crippen molar-refractivity contribution in [2.45, 2.75) is 12.8 Å². The number of hydrogen-bond acceptors (Lipinski definition) is 4. The van der Waals surface area contributed by atoms with Crippen LogP contribution in [0.4, 0.5) is 4.39 Å². The predicted octanol–water partition coefficient (Wildman–Crippen LogP) is 4.45. The maximum atomic E-state index is 14.8. The maximum absolute atomic E-state index is 14.8. The summed E-state index contributed by atoms with van der Waals surface area (Å²) in [6.45, 7) is 0. The Morgan fingerprint density at radius 3 is 2.36 bits per heavy atom. The molecule has 33 heavy (non-hydrogen) atoms. The van der Waals surface area contributed by atoms with E-state index in [1.54, 1.807) is 24.3 Å². The van der Waals surface area contributed by atoms with Crippen molar-refractivity contribution in [2.75, 3.05) is 0 Å². The number of nitrogens with one attached hydrogen (secondary N) is 1. The molecule has 0 bridgehead atoms. The zero-order chi connectivity index (χ0) is 22.9. The second-order valence-electron chi connectivity index (χ2n) is 7.86. The van der Waals surface area contributed by atoms with E-state index in [1.807, 2.05) is 42.5 Å². The van der Waals surface area contributed by atoms with Crippen LogP contribution in [0, 0.1) is 5.82 Å². The first-order chi connectivity index (χ1) is 16.0. The number of fused-ring (bicyclic) bond motifs is 1.